The molecule has 3 aliphatic rings. The molecule has 3 aliphatic heterocycles. The first-order chi connectivity index (χ1) is 20.5. The Labute approximate surface area is 250 Å². The number of benzene rings is 2. The lowest BCUT2D eigenvalue weighted by molar-refractivity contribution is -0.128. The van der Waals surface area contributed by atoms with E-state index < -0.39 is 11.7 Å². The third-order valence-corrected chi connectivity index (χ3v) is 8.56. The highest BCUT2D eigenvalue weighted by Gasteiger charge is 2.30. The summed E-state index contributed by atoms with van der Waals surface area (Å²) in [4.78, 5) is 30.3. The van der Waals surface area contributed by atoms with Crippen molar-refractivity contribution >= 4 is 39.8 Å². The second-order valence-electron chi connectivity index (χ2n) is 10.9. The van der Waals surface area contributed by atoms with Crippen LogP contribution in [0.5, 0.6) is 6.01 Å². The molecule has 0 saturated carbocycles. The standard InChI is InChI=1S/C31H36ClFN6O3/c1-22(33)30(40)38-14-12-37(13-15-38)29-24-9-11-39(27-8-3-6-23-5-2-7-25(32)28(23)27)21-26(24)34-31(35-29)42-20-17-36-10-4-18-41-19-16-36/h2-3,5-8H,1,4,9-21H2. The largest absolute Gasteiger partial charge is 0.462 e. The molecule has 0 spiro atoms. The topological polar surface area (TPSA) is 74.3 Å². The van der Waals surface area contributed by atoms with Gasteiger partial charge in [0.2, 0.25) is 0 Å². The average Bonchev–Trinajstić information content (AvgIpc) is 3.29. The van der Waals surface area contributed by atoms with Gasteiger partial charge in [-0.25, -0.2) is 4.39 Å². The molecule has 0 aliphatic carbocycles. The van der Waals surface area contributed by atoms with Crippen LogP contribution in [-0.4, -0.2) is 97.9 Å². The number of fused-ring (bicyclic) bond motifs is 2. The van der Waals surface area contributed by atoms with Crippen molar-refractivity contribution in [1.29, 1.82) is 0 Å². The maximum Gasteiger partial charge on any atom is 0.318 e. The minimum atomic E-state index is -0.928. The van der Waals surface area contributed by atoms with E-state index in [1.807, 2.05) is 12.1 Å². The molecule has 1 aromatic heterocycles. The Kier molecular flexibility index (Phi) is 8.73. The van der Waals surface area contributed by atoms with Gasteiger partial charge in [0.05, 0.1) is 23.9 Å². The fourth-order valence-electron chi connectivity index (χ4n) is 6.04. The van der Waals surface area contributed by atoms with Crippen molar-refractivity contribution in [3.8, 4) is 6.01 Å². The third-order valence-electron chi connectivity index (χ3n) is 8.25. The monoisotopic (exact) mass is 594 g/mol. The molecule has 11 heteroatoms. The Morgan fingerprint density at radius 3 is 2.62 bits per heavy atom. The van der Waals surface area contributed by atoms with Crippen molar-refractivity contribution in [1.82, 2.24) is 19.8 Å². The van der Waals surface area contributed by atoms with Gasteiger partial charge in [0.15, 0.2) is 5.83 Å². The van der Waals surface area contributed by atoms with E-state index in [2.05, 4.69) is 45.5 Å². The second-order valence-corrected chi connectivity index (χ2v) is 11.3. The molecule has 9 nitrogen and oxygen atoms in total. The Balaban J connectivity index is 1.26. The Morgan fingerprint density at radius 2 is 1.81 bits per heavy atom. The predicted octanol–water partition coefficient (Wildman–Crippen LogP) is 4.08. The number of anilines is 2. The highest BCUT2D eigenvalue weighted by Crippen LogP contribution is 2.37. The van der Waals surface area contributed by atoms with Crippen molar-refractivity contribution < 1.29 is 18.7 Å². The van der Waals surface area contributed by atoms with Crippen molar-refractivity contribution in [3.63, 3.8) is 0 Å². The number of halogens is 2. The van der Waals surface area contributed by atoms with Crippen LogP contribution in [0, 0.1) is 0 Å². The van der Waals surface area contributed by atoms with Crippen molar-refractivity contribution in [2.24, 2.45) is 0 Å². The summed E-state index contributed by atoms with van der Waals surface area (Å²) in [6.45, 7) is 11.1. The number of nitrogens with zero attached hydrogens (tertiary/aromatic N) is 6. The second kappa shape index (κ2) is 12.8. The van der Waals surface area contributed by atoms with E-state index in [0.717, 1.165) is 90.8 Å². The minimum Gasteiger partial charge on any atom is -0.462 e. The summed E-state index contributed by atoms with van der Waals surface area (Å²) in [5.41, 5.74) is 3.08. The van der Waals surface area contributed by atoms with Crippen molar-refractivity contribution in [3.05, 3.63) is 65.1 Å². The minimum absolute atomic E-state index is 0.350. The quantitative estimate of drug-likeness (QED) is 0.379. The maximum absolute atomic E-state index is 13.5. The molecule has 2 aromatic carbocycles. The van der Waals surface area contributed by atoms with Crippen LogP contribution in [0.3, 0.4) is 0 Å². The number of carbonyl (C=O) groups is 1. The van der Waals surface area contributed by atoms with Crippen molar-refractivity contribution in [2.45, 2.75) is 19.4 Å². The number of hydrogen-bond acceptors (Lipinski definition) is 8. The Bertz CT molecular complexity index is 1450. The van der Waals surface area contributed by atoms with Gasteiger partial charge >= 0.3 is 6.01 Å². The molecule has 2 saturated heterocycles. The normalized spacial score (nSPS) is 18.1. The number of piperazine rings is 1. The van der Waals surface area contributed by atoms with E-state index >= 15 is 0 Å². The lowest BCUT2D eigenvalue weighted by Gasteiger charge is -2.38. The van der Waals surface area contributed by atoms with E-state index in [1.54, 1.807) is 0 Å². The van der Waals surface area contributed by atoms with Crippen LogP contribution in [0.15, 0.2) is 48.8 Å². The van der Waals surface area contributed by atoms with Gasteiger partial charge in [0.1, 0.15) is 12.4 Å². The summed E-state index contributed by atoms with van der Waals surface area (Å²) < 4.78 is 25.2. The first-order valence-electron chi connectivity index (χ1n) is 14.6. The van der Waals surface area contributed by atoms with Crippen LogP contribution in [-0.2, 0) is 22.5 Å². The maximum atomic E-state index is 13.5. The number of amides is 1. The number of aromatic nitrogens is 2. The SMILES string of the molecule is C=C(F)C(=O)N1CCN(c2nc(OCCN3CCCOCC3)nc3c2CCN(c2cccc4cccc(Cl)c24)C3)CC1. The van der Waals surface area contributed by atoms with Crippen molar-refractivity contribution in [2.75, 3.05) is 82.0 Å². The molecule has 4 heterocycles. The molecule has 42 heavy (non-hydrogen) atoms. The van der Waals surface area contributed by atoms with E-state index in [4.69, 9.17) is 31.0 Å². The van der Waals surface area contributed by atoms with Gasteiger partial charge in [0.25, 0.3) is 5.91 Å². The average molecular weight is 595 g/mol. The summed E-state index contributed by atoms with van der Waals surface area (Å²) >= 11 is 6.67. The predicted molar refractivity (Wildman–Crippen MR) is 162 cm³/mol. The lowest BCUT2D eigenvalue weighted by atomic mass is 10.0. The molecule has 6 rings (SSSR count). The molecule has 1 amide bonds. The third kappa shape index (κ3) is 6.16. The molecule has 3 aromatic rings. The van der Waals surface area contributed by atoms with Crippen LogP contribution in [0.1, 0.15) is 17.7 Å². The highest BCUT2D eigenvalue weighted by molar-refractivity contribution is 6.36. The molecule has 0 unspecified atom stereocenters. The summed E-state index contributed by atoms with van der Waals surface area (Å²) in [6.07, 6.45) is 1.76. The van der Waals surface area contributed by atoms with Gasteiger partial charge in [0, 0.05) is 75.6 Å². The molecular formula is C31H36ClFN6O3. The first kappa shape index (κ1) is 28.6. The number of carbonyl (C=O) groups excluding carboxylic acids is 1. The van der Waals surface area contributed by atoms with E-state index in [9.17, 15) is 9.18 Å². The Hall–Kier alpha value is -3.47. The van der Waals surface area contributed by atoms with Crippen LogP contribution in [0.4, 0.5) is 15.9 Å². The number of ether oxygens (including phenoxy) is 2. The summed E-state index contributed by atoms with van der Waals surface area (Å²) in [5, 5.41) is 2.86. The lowest BCUT2D eigenvalue weighted by Crippen LogP contribution is -2.49. The molecule has 2 fully saturated rings. The summed E-state index contributed by atoms with van der Waals surface area (Å²) in [7, 11) is 0. The van der Waals surface area contributed by atoms with Crippen LogP contribution in [0.2, 0.25) is 5.02 Å². The first-order valence-corrected chi connectivity index (χ1v) is 15.0. The van der Waals surface area contributed by atoms with E-state index in [1.165, 1.54) is 4.90 Å². The summed E-state index contributed by atoms with van der Waals surface area (Å²) in [5.74, 6) is -0.741. The fraction of sp³-hybridized carbons (Fsp3) is 0.452. The van der Waals surface area contributed by atoms with Gasteiger partial charge < -0.3 is 24.2 Å². The zero-order valence-electron chi connectivity index (χ0n) is 23.7. The van der Waals surface area contributed by atoms with E-state index in [0.29, 0.717) is 45.3 Å². The van der Waals surface area contributed by atoms with Crippen LogP contribution >= 0.6 is 11.6 Å². The van der Waals surface area contributed by atoms with Crippen LogP contribution in [0.25, 0.3) is 10.8 Å². The van der Waals surface area contributed by atoms with Gasteiger partial charge in [-0.05, 0) is 30.4 Å². The van der Waals surface area contributed by atoms with Gasteiger partial charge in [-0.15, -0.1) is 0 Å². The zero-order chi connectivity index (χ0) is 29.1. The zero-order valence-corrected chi connectivity index (χ0v) is 24.5. The highest BCUT2D eigenvalue weighted by atomic mass is 35.5. The molecule has 0 N–H and O–H groups in total. The molecule has 0 radical (unpaired) electrons. The molecule has 222 valence electrons. The van der Waals surface area contributed by atoms with E-state index in [-0.39, 0.29) is 0 Å². The molecule has 0 bridgehead atoms. The smallest absolute Gasteiger partial charge is 0.318 e. The number of rotatable bonds is 7. The number of hydrogen-bond donors (Lipinski definition) is 0. The van der Waals surface area contributed by atoms with Gasteiger partial charge in [-0.3, -0.25) is 9.69 Å². The fourth-order valence-corrected chi connectivity index (χ4v) is 6.32. The molecule has 0 atom stereocenters. The van der Waals surface area contributed by atoms with Gasteiger partial charge in [-0.2, -0.15) is 9.97 Å². The Morgan fingerprint density at radius 1 is 1.00 bits per heavy atom. The van der Waals surface area contributed by atoms with Crippen LogP contribution < -0.4 is 14.5 Å². The summed E-state index contributed by atoms with van der Waals surface area (Å²) in [6, 6.07) is 12.6. The van der Waals surface area contributed by atoms with Gasteiger partial charge in [-0.1, -0.05) is 42.4 Å². The molecular weight excluding hydrogens is 559 g/mol.